The third-order valence-corrected chi connectivity index (χ3v) is 5.54. The van der Waals surface area contributed by atoms with E-state index in [0.717, 1.165) is 5.56 Å². The summed E-state index contributed by atoms with van der Waals surface area (Å²) >= 11 is 0. The van der Waals surface area contributed by atoms with Crippen LogP contribution in [0.2, 0.25) is 0 Å². The van der Waals surface area contributed by atoms with E-state index in [4.69, 9.17) is 10.5 Å². The Bertz CT molecular complexity index is 1000. The number of primary amides is 1. The number of fused-ring (bicyclic) bond motifs is 3. The van der Waals surface area contributed by atoms with Gasteiger partial charge >= 0.3 is 0 Å². The average molecular weight is 402 g/mol. The van der Waals surface area contributed by atoms with Crippen molar-refractivity contribution in [2.75, 3.05) is 6.61 Å². The molecule has 2 heterocycles. The highest BCUT2D eigenvalue weighted by molar-refractivity contribution is 6.21. The molecule has 1 aliphatic heterocycles. The molecular weight excluding hydrogens is 378 g/mol. The summed E-state index contributed by atoms with van der Waals surface area (Å²) in [5.41, 5.74) is 10.6. The molecule has 0 radical (unpaired) electrons. The minimum absolute atomic E-state index is 0.163. The van der Waals surface area contributed by atoms with Gasteiger partial charge in [0, 0.05) is 23.1 Å². The predicted octanol–water partition coefficient (Wildman–Crippen LogP) is 4.09. The molecule has 0 saturated heterocycles. The van der Waals surface area contributed by atoms with Crippen LogP contribution in [0, 0.1) is 20.8 Å². The van der Waals surface area contributed by atoms with Gasteiger partial charge < -0.3 is 15.6 Å². The average Bonchev–Trinajstić information content (AvgIpc) is 3.26. The van der Waals surface area contributed by atoms with Gasteiger partial charge in [-0.05, 0) is 56.9 Å². The van der Waals surface area contributed by atoms with Gasteiger partial charge in [-0.3, -0.25) is 4.79 Å². The van der Waals surface area contributed by atoms with Gasteiger partial charge in [-0.25, -0.2) is 13.8 Å². The highest BCUT2D eigenvalue weighted by Gasteiger charge is 2.35. The first kappa shape index (κ1) is 20.8. The molecule has 1 aromatic carbocycles. The van der Waals surface area contributed by atoms with Crippen molar-refractivity contribution >= 4 is 11.5 Å². The Kier molecular flexibility index (Phi) is 5.59. The van der Waals surface area contributed by atoms with E-state index in [2.05, 4.69) is 4.98 Å². The summed E-state index contributed by atoms with van der Waals surface area (Å²) < 4.78 is 31.8. The summed E-state index contributed by atoms with van der Waals surface area (Å²) in [6.45, 7) is 8.15. The van der Waals surface area contributed by atoms with E-state index in [1.54, 1.807) is 13.0 Å². The van der Waals surface area contributed by atoms with Gasteiger partial charge in [-0.1, -0.05) is 11.6 Å². The lowest BCUT2D eigenvalue weighted by molar-refractivity contribution is -0.112. The maximum atomic E-state index is 13.2. The van der Waals surface area contributed by atoms with Crippen molar-refractivity contribution in [3.05, 3.63) is 56.9 Å². The lowest BCUT2D eigenvalue weighted by Crippen LogP contribution is -2.15. The number of amides is 1. The summed E-state index contributed by atoms with van der Waals surface area (Å²) in [5.74, 6) is 0.246. The number of carbonyl (C=O) groups is 1. The Balaban J connectivity index is 0.000000204. The van der Waals surface area contributed by atoms with Crippen molar-refractivity contribution in [1.29, 1.82) is 0 Å². The van der Waals surface area contributed by atoms with E-state index in [9.17, 15) is 18.7 Å². The standard InChI is InChI=1S/C13H12F2N2O2.C9H12O/c1-5-4-6-9(8(5)13(16)18)10(12(14)15)17-7-2-3-19-11(6)7;1-6-4-5-9(10)8(3)7(6)2/h12H,2-4H2,1H3,(H2,16,18);4-5,10H,1-3H3. The van der Waals surface area contributed by atoms with Crippen LogP contribution < -0.4 is 10.5 Å². The molecule has 154 valence electrons. The Morgan fingerprint density at radius 2 is 1.90 bits per heavy atom. The van der Waals surface area contributed by atoms with Gasteiger partial charge in [0.2, 0.25) is 5.91 Å². The number of benzene rings is 1. The zero-order chi connectivity index (χ0) is 21.5. The molecule has 2 aromatic rings. The van der Waals surface area contributed by atoms with E-state index in [0.29, 0.717) is 47.8 Å². The largest absolute Gasteiger partial charge is 0.508 e. The van der Waals surface area contributed by atoms with E-state index in [1.165, 1.54) is 11.1 Å². The fourth-order valence-electron chi connectivity index (χ4n) is 3.73. The summed E-state index contributed by atoms with van der Waals surface area (Å²) in [5, 5.41) is 9.22. The molecule has 29 heavy (non-hydrogen) atoms. The first-order chi connectivity index (χ1) is 13.6. The number of allylic oxidation sites excluding steroid dienone is 1. The molecule has 0 spiro atoms. The van der Waals surface area contributed by atoms with Crippen molar-refractivity contribution in [3.63, 3.8) is 0 Å². The number of carbonyl (C=O) groups excluding carboxylic acids is 1. The summed E-state index contributed by atoms with van der Waals surface area (Å²) in [6, 6.07) is 3.66. The number of aromatic nitrogens is 1. The minimum atomic E-state index is -2.74. The van der Waals surface area contributed by atoms with Crippen LogP contribution in [-0.2, 0) is 17.6 Å². The van der Waals surface area contributed by atoms with E-state index < -0.39 is 12.3 Å². The molecule has 0 atom stereocenters. The smallest absolute Gasteiger partial charge is 0.281 e. The molecule has 1 aliphatic carbocycles. The molecule has 0 saturated carbocycles. The topological polar surface area (TPSA) is 85.4 Å². The van der Waals surface area contributed by atoms with Crippen LogP contribution in [0.3, 0.4) is 0 Å². The number of nitrogens with zero attached hydrogens (tertiary/aromatic N) is 1. The number of phenolic OH excluding ortho intramolecular Hbond substituents is 1. The van der Waals surface area contributed by atoms with Crippen molar-refractivity contribution in [3.8, 4) is 11.5 Å². The number of aryl methyl sites for hydroxylation is 1. The van der Waals surface area contributed by atoms with Gasteiger partial charge in [0.25, 0.3) is 6.43 Å². The number of halogens is 2. The third-order valence-electron chi connectivity index (χ3n) is 5.54. The molecule has 7 heteroatoms. The highest BCUT2D eigenvalue weighted by atomic mass is 19.3. The molecule has 5 nitrogen and oxygen atoms in total. The summed E-state index contributed by atoms with van der Waals surface area (Å²) in [6.07, 6.45) is -1.80. The van der Waals surface area contributed by atoms with Gasteiger partial charge in [0.1, 0.15) is 17.2 Å². The SMILES string of the molecule is CC1=C(C(N)=O)c2c(C(F)F)nc3c(c2C1)OCC3.Cc1ccc(O)c(C)c1C. The number of rotatable bonds is 2. The van der Waals surface area contributed by atoms with Crippen LogP contribution in [-0.4, -0.2) is 22.6 Å². The molecule has 1 amide bonds. The molecule has 0 unspecified atom stereocenters. The molecule has 3 N–H and O–H groups in total. The van der Waals surface area contributed by atoms with Gasteiger partial charge in [-0.15, -0.1) is 0 Å². The highest BCUT2D eigenvalue weighted by Crippen LogP contribution is 2.44. The lowest BCUT2D eigenvalue weighted by atomic mass is 10.0. The fourth-order valence-corrected chi connectivity index (χ4v) is 3.73. The van der Waals surface area contributed by atoms with E-state index in [1.807, 2.05) is 26.8 Å². The normalized spacial score (nSPS) is 14.3. The maximum Gasteiger partial charge on any atom is 0.281 e. The summed E-state index contributed by atoms with van der Waals surface area (Å²) in [4.78, 5) is 15.5. The van der Waals surface area contributed by atoms with Crippen LogP contribution in [0.15, 0.2) is 17.7 Å². The van der Waals surface area contributed by atoms with Gasteiger partial charge in [0.05, 0.1) is 12.3 Å². The Labute approximate surface area is 168 Å². The fraction of sp³-hybridized carbons (Fsp3) is 0.364. The number of ether oxygens (including phenoxy) is 1. The molecule has 2 aliphatic rings. The van der Waals surface area contributed by atoms with Gasteiger partial charge in [-0.2, -0.15) is 0 Å². The number of alkyl halides is 2. The lowest BCUT2D eigenvalue weighted by Gasteiger charge is -2.12. The number of nitrogens with two attached hydrogens (primary N) is 1. The van der Waals surface area contributed by atoms with Crippen LogP contribution >= 0.6 is 0 Å². The molecular formula is C22H24F2N2O3. The van der Waals surface area contributed by atoms with E-state index in [-0.39, 0.29) is 16.8 Å². The van der Waals surface area contributed by atoms with Crippen LogP contribution in [0.5, 0.6) is 11.5 Å². The number of hydrogen-bond donors (Lipinski definition) is 2. The quantitative estimate of drug-likeness (QED) is 0.792. The zero-order valence-electron chi connectivity index (χ0n) is 16.9. The van der Waals surface area contributed by atoms with Crippen LogP contribution in [0.1, 0.15) is 52.6 Å². The Morgan fingerprint density at radius 1 is 1.21 bits per heavy atom. The Hall–Kier alpha value is -2.96. The van der Waals surface area contributed by atoms with Crippen LogP contribution in [0.4, 0.5) is 8.78 Å². The van der Waals surface area contributed by atoms with Crippen molar-refractivity contribution in [2.24, 2.45) is 5.73 Å². The molecule has 4 rings (SSSR count). The second-order valence-corrected chi connectivity index (χ2v) is 7.37. The monoisotopic (exact) mass is 402 g/mol. The van der Waals surface area contributed by atoms with Gasteiger partial charge in [0.15, 0.2) is 0 Å². The molecule has 0 fully saturated rings. The third kappa shape index (κ3) is 3.69. The first-order valence-corrected chi connectivity index (χ1v) is 9.35. The van der Waals surface area contributed by atoms with Crippen molar-refractivity contribution < 1.29 is 23.4 Å². The minimum Gasteiger partial charge on any atom is -0.508 e. The first-order valence-electron chi connectivity index (χ1n) is 9.35. The zero-order valence-corrected chi connectivity index (χ0v) is 16.9. The number of phenols is 1. The van der Waals surface area contributed by atoms with Crippen molar-refractivity contribution in [2.45, 2.75) is 47.0 Å². The summed E-state index contributed by atoms with van der Waals surface area (Å²) in [7, 11) is 0. The molecule has 0 bridgehead atoms. The predicted molar refractivity (Wildman–Crippen MR) is 106 cm³/mol. The maximum absolute atomic E-state index is 13.2. The molecule has 1 aromatic heterocycles. The second-order valence-electron chi connectivity index (χ2n) is 7.37. The number of hydrogen-bond acceptors (Lipinski definition) is 4. The van der Waals surface area contributed by atoms with E-state index >= 15 is 0 Å². The second kappa shape index (κ2) is 7.81. The number of pyridine rings is 1. The Morgan fingerprint density at radius 3 is 2.48 bits per heavy atom. The number of aromatic hydroxyl groups is 1. The van der Waals surface area contributed by atoms with Crippen molar-refractivity contribution in [1.82, 2.24) is 4.98 Å². The van der Waals surface area contributed by atoms with Crippen LogP contribution in [0.25, 0.3) is 5.57 Å².